The molecule has 2 saturated heterocycles. The van der Waals surface area contributed by atoms with E-state index in [1.807, 2.05) is 20.8 Å². The van der Waals surface area contributed by atoms with Crippen LogP contribution in [0.5, 0.6) is 5.75 Å². The Morgan fingerprint density at radius 2 is 1.97 bits per heavy atom. The Labute approximate surface area is 186 Å². The van der Waals surface area contributed by atoms with Gasteiger partial charge in [0.15, 0.2) is 9.84 Å². The van der Waals surface area contributed by atoms with Gasteiger partial charge in [-0.3, -0.25) is 4.90 Å². The van der Waals surface area contributed by atoms with Gasteiger partial charge in [0.1, 0.15) is 5.75 Å². The predicted octanol–water partition coefficient (Wildman–Crippen LogP) is 1.68. The van der Waals surface area contributed by atoms with Gasteiger partial charge in [0.05, 0.1) is 35.7 Å². The van der Waals surface area contributed by atoms with Gasteiger partial charge < -0.3 is 9.47 Å². The molecule has 2 aliphatic rings. The van der Waals surface area contributed by atoms with Crippen molar-refractivity contribution in [2.24, 2.45) is 0 Å². The smallest absolute Gasteiger partial charge is 0.243 e. The number of hydrogen-bond donors (Lipinski definition) is 0. The van der Waals surface area contributed by atoms with Crippen LogP contribution in [0.1, 0.15) is 32.3 Å². The SMILES string of the molecule is Cc1cc(S(=O)(=O)N(CCCN2CCOCC2)C2CCS(=O)(=O)C2)ccc1OC(C)C. The third-order valence-corrected chi connectivity index (χ3v) is 9.39. The van der Waals surface area contributed by atoms with Gasteiger partial charge in [-0.2, -0.15) is 4.31 Å². The lowest BCUT2D eigenvalue weighted by Gasteiger charge is -2.30. The average molecular weight is 475 g/mol. The van der Waals surface area contributed by atoms with Crippen LogP contribution in [0.15, 0.2) is 23.1 Å². The highest BCUT2D eigenvalue weighted by atomic mass is 32.2. The Kier molecular flexibility index (Phi) is 8.01. The van der Waals surface area contributed by atoms with Crippen LogP contribution in [0.25, 0.3) is 0 Å². The summed E-state index contributed by atoms with van der Waals surface area (Å²) in [5.74, 6) is 0.571. The van der Waals surface area contributed by atoms with Crippen LogP contribution in [0.4, 0.5) is 0 Å². The first-order valence-corrected chi connectivity index (χ1v) is 14.1. The highest BCUT2D eigenvalue weighted by molar-refractivity contribution is 7.92. The minimum absolute atomic E-state index is 0.0125. The van der Waals surface area contributed by atoms with Gasteiger partial charge in [-0.15, -0.1) is 0 Å². The summed E-state index contributed by atoms with van der Waals surface area (Å²) in [6, 6.07) is 4.33. The molecule has 176 valence electrons. The molecule has 0 radical (unpaired) electrons. The van der Waals surface area contributed by atoms with Crippen molar-refractivity contribution in [2.75, 3.05) is 50.9 Å². The molecule has 0 saturated carbocycles. The van der Waals surface area contributed by atoms with E-state index < -0.39 is 25.9 Å². The van der Waals surface area contributed by atoms with Crippen molar-refractivity contribution in [1.29, 1.82) is 0 Å². The van der Waals surface area contributed by atoms with Gasteiger partial charge in [-0.1, -0.05) is 0 Å². The average Bonchev–Trinajstić information content (AvgIpc) is 3.06. The maximum absolute atomic E-state index is 13.6. The molecule has 0 aromatic heterocycles. The largest absolute Gasteiger partial charge is 0.491 e. The molecule has 0 aliphatic carbocycles. The molecule has 8 nitrogen and oxygen atoms in total. The summed E-state index contributed by atoms with van der Waals surface area (Å²) in [6.45, 7) is 9.75. The van der Waals surface area contributed by atoms with Crippen LogP contribution < -0.4 is 4.74 Å². The molecule has 3 rings (SSSR count). The van der Waals surface area contributed by atoms with Crippen LogP contribution in [-0.2, 0) is 24.6 Å². The summed E-state index contributed by atoms with van der Waals surface area (Å²) in [5, 5.41) is 0. The lowest BCUT2D eigenvalue weighted by molar-refractivity contribution is 0.0367. The molecule has 0 bridgehead atoms. The second-order valence-electron chi connectivity index (χ2n) is 8.57. The van der Waals surface area contributed by atoms with Gasteiger partial charge in [0.25, 0.3) is 0 Å². The maximum atomic E-state index is 13.6. The van der Waals surface area contributed by atoms with Crippen LogP contribution >= 0.6 is 0 Å². The molecule has 0 spiro atoms. The summed E-state index contributed by atoms with van der Waals surface area (Å²) < 4.78 is 63.8. The summed E-state index contributed by atoms with van der Waals surface area (Å²) in [6.07, 6.45) is 0.970. The molecule has 1 aromatic rings. The van der Waals surface area contributed by atoms with Crippen molar-refractivity contribution < 1.29 is 26.3 Å². The predicted molar refractivity (Wildman–Crippen MR) is 120 cm³/mol. The van der Waals surface area contributed by atoms with E-state index >= 15 is 0 Å². The number of nitrogens with zero attached hydrogens (tertiary/aromatic N) is 2. The molecule has 31 heavy (non-hydrogen) atoms. The van der Waals surface area contributed by atoms with E-state index in [4.69, 9.17) is 9.47 Å². The molecule has 10 heteroatoms. The molecule has 0 N–H and O–H groups in total. The van der Waals surface area contributed by atoms with Crippen LogP contribution in [-0.4, -0.2) is 89.1 Å². The lowest BCUT2D eigenvalue weighted by Crippen LogP contribution is -2.43. The molecule has 1 atom stereocenters. The highest BCUT2D eigenvalue weighted by Crippen LogP contribution is 2.29. The monoisotopic (exact) mass is 474 g/mol. The number of hydrogen-bond acceptors (Lipinski definition) is 7. The van der Waals surface area contributed by atoms with Crippen LogP contribution in [0.2, 0.25) is 0 Å². The fourth-order valence-corrected chi connectivity index (χ4v) is 7.68. The molecule has 2 fully saturated rings. The Morgan fingerprint density at radius 1 is 1.26 bits per heavy atom. The van der Waals surface area contributed by atoms with E-state index in [0.29, 0.717) is 38.3 Å². The fourth-order valence-electron chi connectivity index (χ4n) is 4.08. The number of rotatable bonds is 9. The lowest BCUT2D eigenvalue weighted by atomic mass is 10.2. The van der Waals surface area contributed by atoms with Crippen molar-refractivity contribution in [3.05, 3.63) is 23.8 Å². The fraction of sp³-hybridized carbons (Fsp3) is 0.714. The first kappa shape index (κ1) is 24.4. The zero-order valence-corrected chi connectivity index (χ0v) is 20.3. The van der Waals surface area contributed by atoms with Crippen molar-refractivity contribution in [2.45, 2.75) is 50.7 Å². The van der Waals surface area contributed by atoms with Gasteiger partial charge in [0.2, 0.25) is 10.0 Å². The number of sulfonamides is 1. The van der Waals surface area contributed by atoms with E-state index in [9.17, 15) is 16.8 Å². The first-order chi connectivity index (χ1) is 14.6. The summed E-state index contributed by atoms with van der Waals surface area (Å²) in [5.41, 5.74) is 0.738. The van der Waals surface area contributed by atoms with E-state index in [1.165, 1.54) is 4.31 Å². The standard InChI is InChI=1S/C21H34N2O6S2/c1-17(2)29-21-6-5-20(15-18(21)3)31(26,27)23(19-7-14-30(24,25)16-19)9-4-8-22-10-12-28-13-11-22/h5-6,15,17,19H,4,7-14,16H2,1-3H3. The van der Waals surface area contributed by atoms with E-state index in [0.717, 1.165) is 25.2 Å². The number of sulfone groups is 1. The highest BCUT2D eigenvalue weighted by Gasteiger charge is 2.38. The molecule has 1 unspecified atom stereocenters. The van der Waals surface area contributed by atoms with Crippen molar-refractivity contribution in [3.63, 3.8) is 0 Å². The van der Waals surface area contributed by atoms with Gasteiger partial charge in [-0.05, 0) is 63.9 Å². The second kappa shape index (κ2) is 10.2. The normalized spacial score (nSPS) is 22.3. The summed E-state index contributed by atoms with van der Waals surface area (Å²) >= 11 is 0. The topological polar surface area (TPSA) is 93.2 Å². The molecule has 0 amide bonds. The van der Waals surface area contributed by atoms with E-state index in [1.54, 1.807) is 18.2 Å². The Balaban J connectivity index is 1.80. The number of ether oxygens (including phenoxy) is 2. The third kappa shape index (κ3) is 6.41. The van der Waals surface area contributed by atoms with Crippen molar-refractivity contribution in [1.82, 2.24) is 9.21 Å². The van der Waals surface area contributed by atoms with Gasteiger partial charge in [-0.25, -0.2) is 16.8 Å². The number of benzene rings is 1. The molecule has 1 aromatic carbocycles. The zero-order valence-electron chi connectivity index (χ0n) is 18.6. The van der Waals surface area contributed by atoms with E-state index in [2.05, 4.69) is 4.90 Å². The molecule has 2 heterocycles. The first-order valence-electron chi connectivity index (χ1n) is 10.9. The van der Waals surface area contributed by atoms with Crippen LogP contribution in [0.3, 0.4) is 0 Å². The van der Waals surface area contributed by atoms with Crippen molar-refractivity contribution >= 4 is 19.9 Å². The minimum Gasteiger partial charge on any atom is -0.491 e. The summed E-state index contributed by atoms with van der Waals surface area (Å²) in [7, 11) is -7.05. The maximum Gasteiger partial charge on any atom is 0.243 e. The molecular formula is C21H34N2O6S2. The number of aryl methyl sites for hydroxylation is 1. The minimum atomic E-state index is -3.84. The van der Waals surface area contributed by atoms with E-state index in [-0.39, 0.29) is 22.5 Å². The summed E-state index contributed by atoms with van der Waals surface area (Å²) in [4.78, 5) is 2.43. The third-order valence-electron chi connectivity index (χ3n) is 5.69. The van der Waals surface area contributed by atoms with Crippen LogP contribution in [0, 0.1) is 6.92 Å². The second-order valence-corrected chi connectivity index (χ2v) is 12.7. The van der Waals surface area contributed by atoms with Gasteiger partial charge in [0, 0.05) is 25.7 Å². The molecule has 2 aliphatic heterocycles. The molecular weight excluding hydrogens is 440 g/mol. The van der Waals surface area contributed by atoms with Crippen molar-refractivity contribution in [3.8, 4) is 5.75 Å². The number of morpholine rings is 1. The van der Waals surface area contributed by atoms with Gasteiger partial charge >= 0.3 is 0 Å². The Hall–Kier alpha value is -1.20. The Morgan fingerprint density at radius 3 is 2.55 bits per heavy atom. The zero-order chi connectivity index (χ0) is 22.6. The Bertz CT molecular complexity index is 956. The quantitative estimate of drug-likeness (QED) is 0.538.